The van der Waals surface area contributed by atoms with Gasteiger partial charge >= 0.3 is 0 Å². The normalized spacial score (nSPS) is 15.9. The fourth-order valence-corrected chi connectivity index (χ4v) is 4.75. The SMILES string of the molecule is O=C(Nc1ccccc1Cl)c1cc(S(=O)(=O)N2CCCCCC2)ccc1F. The van der Waals surface area contributed by atoms with Crippen molar-refractivity contribution >= 4 is 33.2 Å². The lowest BCUT2D eigenvalue weighted by Gasteiger charge is -2.20. The molecule has 1 fully saturated rings. The fraction of sp³-hybridized carbons (Fsp3) is 0.316. The number of nitrogens with one attached hydrogen (secondary N) is 1. The molecule has 0 aromatic heterocycles. The second-order valence-corrected chi connectivity index (χ2v) is 8.74. The van der Waals surface area contributed by atoms with Crippen molar-refractivity contribution in [3.63, 3.8) is 0 Å². The van der Waals surface area contributed by atoms with E-state index in [0.29, 0.717) is 23.8 Å². The van der Waals surface area contributed by atoms with Gasteiger partial charge in [0.2, 0.25) is 10.0 Å². The van der Waals surface area contributed by atoms with Gasteiger partial charge in [0.15, 0.2) is 0 Å². The summed E-state index contributed by atoms with van der Waals surface area (Å²) in [6.45, 7) is 0.863. The molecule has 144 valence electrons. The lowest BCUT2D eigenvalue weighted by molar-refractivity contribution is 0.102. The summed E-state index contributed by atoms with van der Waals surface area (Å²) >= 11 is 6.01. The van der Waals surface area contributed by atoms with E-state index in [1.165, 1.54) is 10.4 Å². The Hall–Kier alpha value is -1.96. The highest BCUT2D eigenvalue weighted by molar-refractivity contribution is 7.89. The number of anilines is 1. The zero-order chi connectivity index (χ0) is 19.4. The summed E-state index contributed by atoms with van der Waals surface area (Å²) < 4.78 is 41.4. The minimum absolute atomic E-state index is 0.0879. The first-order valence-corrected chi connectivity index (χ1v) is 10.6. The van der Waals surface area contributed by atoms with Gasteiger partial charge in [0.1, 0.15) is 5.82 Å². The highest BCUT2D eigenvalue weighted by Crippen LogP contribution is 2.25. The van der Waals surface area contributed by atoms with Crippen molar-refractivity contribution in [1.29, 1.82) is 0 Å². The van der Waals surface area contributed by atoms with Crippen molar-refractivity contribution < 1.29 is 17.6 Å². The zero-order valence-corrected chi connectivity index (χ0v) is 16.2. The number of nitrogens with zero attached hydrogens (tertiary/aromatic N) is 1. The number of amides is 1. The number of hydrogen-bond donors (Lipinski definition) is 1. The third-order valence-electron chi connectivity index (χ3n) is 4.51. The molecule has 1 saturated heterocycles. The molecule has 0 unspecified atom stereocenters. The van der Waals surface area contributed by atoms with Gasteiger partial charge in [-0.25, -0.2) is 12.8 Å². The standard InChI is InChI=1S/C19H20ClFN2O3S/c20-16-7-3-4-8-18(16)22-19(24)15-13-14(9-10-17(15)21)27(25,26)23-11-5-1-2-6-12-23/h3-4,7-10,13H,1-2,5-6,11-12H2,(H,22,24). The van der Waals surface area contributed by atoms with Gasteiger partial charge in [-0.15, -0.1) is 0 Å². The number of para-hydroxylation sites is 1. The van der Waals surface area contributed by atoms with Gasteiger partial charge in [0, 0.05) is 13.1 Å². The quantitative estimate of drug-likeness (QED) is 0.817. The summed E-state index contributed by atoms with van der Waals surface area (Å²) in [6.07, 6.45) is 3.56. The van der Waals surface area contributed by atoms with Gasteiger partial charge in [0.05, 0.1) is 21.2 Å². The molecule has 2 aromatic carbocycles. The molecule has 1 N–H and O–H groups in total. The number of halogens is 2. The predicted molar refractivity (Wildman–Crippen MR) is 103 cm³/mol. The molecule has 1 heterocycles. The summed E-state index contributed by atoms with van der Waals surface area (Å²) in [4.78, 5) is 12.4. The highest BCUT2D eigenvalue weighted by atomic mass is 35.5. The first kappa shape index (κ1) is 19.8. The molecule has 27 heavy (non-hydrogen) atoms. The Labute approximate surface area is 163 Å². The Morgan fingerprint density at radius 3 is 2.37 bits per heavy atom. The zero-order valence-electron chi connectivity index (χ0n) is 14.6. The van der Waals surface area contributed by atoms with E-state index >= 15 is 0 Å². The molecule has 1 aliphatic heterocycles. The van der Waals surface area contributed by atoms with Gasteiger partial charge in [0.25, 0.3) is 5.91 Å². The number of hydrogen-bond acceptors (Lipinski definition) is 3. The van der Waals surface area contributed by atoms with Crippen LogP contribution >= 0.6 is 11.6 Å². The summed E-state index contributed by atoms with van der Waals surface area (Å²) in [7, 11) is -3.78. The van der Waals surface area contributed by atoms with Crippen LogP contribution in [0.4, 0.5) is 10.1 Å². The van der Waals surface area contributed by atoms with Gasteiger partial charge < -0.3 is 5.32 Å². The number of rotatable bonds is 4. The van der Waals surface area contributed by atoms with Crippen molar-refractivity contribution in [2.24, 2.45) is 0 Å². The van der Waals surface area contributed by atoms with E-state index in [1.54, 1.807) is 24.3 Å². The lowest BCUT2D eigenvalue weighted by atomic mass is 10.2. The first-order chi connectivity index (χ1) is 12.9. The Morgan fingerprint density at radius 1 is 1.04 bits per heavy atom. The molecular weight excluding hydrogens is 391 g/mol. The topological polar surface area (TPSA) is 66.5 Å². The molecule has 0 atom stereocenters. The molecule has 0 bridgehead atoms. The maximum absolute atomic E-state index is 14.2. The number of benzene rings is 2. The minimum Gasteiger partial charge on any atom is -0.321 e. The van der Waals surface area contributed by atoms with Crippen molar-refractivity contribution in [3.8, 4) is 0 Å². The Bertz CT molecular complexity index is 942. The van der Waals surface area contributed by atoms with Crippen LogP contribution in [0.25, 0.3) is 0 Å². The number of carbonyl (C=O) groups excluding carboxylic acids is 1. The van der Waals surface area contributed by atoms with Crippen LogP contribution < -0.4 is 5.32 Å². The number of sulfonamides is 1. The Kier molecular flexibility index (Phi) is 6.14. The molecule has 0 aliphatic carbocycles. The van der Waals surface area contributed by atoms with Crippen LogP contribution in [0.2, 0.25) is 5.02 Å². The maximum atomic E-state index is 14.2. The Balaban J connectivity index is 1.89. The molecule has 3 rings (SSSR count). The molecule has 5 nitrogen and oxygen atoms in total. The first-order valence-electron chi connectivity index (χ1n) is 8.75. The van der Waals surface area contributed by atoms with E-state index < -0.39 is 21.7 Å². The van der Waals surface area contributed by atoms with Crippen LogP contribution in [0, 0.1) is 5.82 Å². The molecule has 8 heteroatoms. The van der Waals surface area contributed by atoms with Gasteiger partial charge in [-0.1, -0.05) is 36.6 Å². The van der Waals surface area contributed by atoms with E-state index in [9.17, 15) is 17.6 Å². The second kappa shape index (κ2) is 8.37. The third kappa shape index (κ3) is 4.48. The van der Waals surface area contributed by atoms with Crippen LogP contribution in [-0.2, 0) is 10.0 Å². The molecule has 0 radical (unpaired) electrons. The molecule has 0 saturated carbocycles. The number of carbonyl (C=O) groups is 1. The summed E-state index contributed by atoms with van der Waals surface area (Å²) in [5.41, 5.74) is -0.0184. The van der Waals surface area contributed by atoms with Gasteiger partial charge in [-0.3, -0.25) is 4.79 Å². The second-order valence-electron chi connectivity index (χ2n) is 6.39. The maximum Gasteiger partial charge on any atom is 0.258 e. The van der Waals surface area contributed by atoms with Crippen molar-refractivity contribution in [2.75, 3.05) is 18.4 Å². The van der Waals surface area contributed by atoms with Crippen LogP contribution in [0.3, 0.4) is 0 Å². The Morgan fingerprint density at radius 2 is 1.70 bits per heavy atom. The van der Waals surface area contributed by atoms with E-state index in [-0.39, 0.29) is 10.5 Å². The van der Waals surface area contributed by atoms with E-state index in [2.05, 4.69) is 5.32 Å². The monoisotopic (exact) mass is 410 g/mol. The van der Waals surface area contributed by atoms with Gasteiger partial charge in [-0.2, -0.15) is 4.31 Å². The summed E-state index contributed by atoms with van der Waals surface area (Å²) in [6, 6.07) is 9.84. The summed E-state index contributed by atoms with van der Waals surface area (Å²) in [5, 5.41) is 2.82. The fourth-order valence-electron chi connectivity index (χ4n) is 3.02. The minimum atomic E-state index is -3.78. The van der Waals surface area contributed by atoms with E-state index in [0.717, 1.165) is 37.8 Å². The molecular formula is C19H20ClFN2O3S. The molecule has 1 aliphatic rings. The van der Waals surface area contributed by atoms with Crippen molar-refractivity contribution in [1.82, 2.24) is 4.31 Å². The van der Waals surface area contributed by atoms with Crippen molar-refractivity contribution in [2.45, 2.75) is 30.6 Å². The third-order valence-corrected chi connectivity index (χ3v) is 6.73. The van der Waals surface area contributed by atoms with Crippen LogP contribution in [0.5, 0.6) is 0 Å². The molecule has 0 spiro atoms. The molecule has 2 aromatic rings. The smallest absolute Gasteiger partial charge is 0.258 e. The molecule has 1 amide bonds. The van der Waals surface area contributed by atoms with Crippen LogP contribution in [-0.4, -0.2) is 31.7 Å². The average Bonchev–Trinajstić information content (AvgIpc) is 2.94. The summed E-state index contributed by atoms with van der Waals surface area (Å²) in [5.74, 6) is -1.55. The predicted octanol–water partition coefficient (Wildman–Crippen LogP) is 4.30. The van der Waals surface area contributed by atoms with E-state index in [1.807, 2.05) is 0 Å². The van der Waals surface area contributed by atoms with Crippen molar-refractivity contribution in [3.05, 3.63) is 58.9 Å². The van der Waals surface area contributed by atoms with Crippen LogP contribution in [0.1, 0.15) is 36.0 Å². The van der Waals surface area contributed by atoms with Gasteiger partial charge in [-0.05, 0) is 43.2 Å². The van der Waals surface area contributed by atoms with Crippen LogP contribution in [0.15, 0.2) is 47.4 Å². The van der Waals surface area contributed by atoms with E-state index in [4.69, 9.17) is 11.6 Å². The largest absolute Gasteiger partial charge is 0.321 e. The lowest BCUT2D eigenvalue weighted by Crippen LogP contribution is -2.32. The average molecular weight is 411 g/mol. The highest BCUT2D eigenvalue weighted by Gasteiger charge is 2.27.